The molecule has 0 N–H and O–H groups in total. The van der Waals surface area contributed by atoms with Crippen LogP contribution in [0.25, 0.3) is 11.4 Å². The summed E-state index contributed by atoms with van der Waals surface area (Å²) in [6.45, 7) is 0. The van der Waals surface area contributed by atoms with E-state index in [2.05, 4.69) is 45.8 Å². The number of hydrogen-bond acceptors (Lipinski definition) is 1. The number of aryl methyl sites for hydroxylation is 1. The highest BCUT2D eigenvalue weighted by Gasteiger charge is 2.01. The van der Waals surface area contributed by atoms with Gasteiger partial charge in [0, 0.05) is 28.6 Å². The number of imidazole rings is 1. The minimum absolute atomic E-state index is 1.01. The maximum Gasteiger partial charge on any atom is 0.139 e. The summed E-state index contributed by atoms with van der Waals surface area (Å²) in [5.41, 5.74) is 1.17. The molecule has 0 spiro atoms. The van der Waals surface area contributed by atoms with Crippen LogP contribution in [0.15, 0.2) is 36.7 Å². The summed E-state index contributed by atoms with van der Waals surface area (Å²) in [5, 5.41) is 0. The van der Waals surface area contributed by atoms with Crippen LogP contribution in [-0.4, -0.2) is 9.55 Å². The van der Waals surface area contributed by atoms with Crippen molar-refractivity contribution in [2.45, 2.75) is 0 Å². The van der Waals surface area contributed by atoms with E-state index in [1.807, 2.05) is 30.1 Å². The normalized spacial score (nSPS) is 10.3. The maximum atomic E-state index is 4.29. The van der Waals surface area contributed by atoms with Crippen LogP contribution in [0.5, 0.6) is 0 Å². The third-order valence-corrected chi connectivity index (χ3v) is 2.57. The predicted octanol–water partition coefficient (Wildman–Crippen LogP) is 2.69. The number of halogens is 1. The van der Waals surface area contributed by atoms with Crippen molar-refractivity contribution in [3.63, 3.8) is 0 Å². The average Bonchev–Trinajstić information content (AvgIpc) is 2.51. The van der Waals surface area contributed by atoms with Gasteiger partial charge >= 0.3 is 0 Å². The Kier molecular flexibility index (Phi) is 2.35. The average molecular weight is 284 g/mol. The number of benzene rings is 1. The van der Waals surface area contributed by atoms with Gasteiger partial charge in [-0.3, -0.25) is 0 Å². The van der Waals surface area contributed by atoms with Crippen molar-refractivity contribution in [1.29, 1.82) is 0 Å². The van der Waals surface area contributed by atoms with Crippen molar-refractivity contribution in [2.75, 3.05) is 0 Å². The zero-order valence-electron chi connectivity index (χ0n) is 7.24. The highest BCUT2D eigenvalue weighted by atomic mass is 127. The topological polar surface area (TPSA) is 17.8 Å². The number of nitrogens with zero attached hydrogens (tertiary/aromatic N) is 2. The summed E-state index contributed by atoms with van der Waals surface area (Å²) in [6.07, 6.45) is 3.77. The van der Waals surface area contributed by atoms with E-state index in [9.17, 15) is 0 Å². The molecular formula is C10H9IN2. The molecular weight excluding hydrogens is 275 g/mol. The molecule has 0 atom stereocenters. The van der Waals surface area contributed by atoms with Gasteiger partial charge in [0.25, 0.3) is 0 Å². The standard InChI is InChI=1S/C10H9IN2/c1-13-6-5-12-10(13)8-3-2-4-9(11)7-8/h2-7H,1H3. The van der Waals surface area contributed by atoms with Crippen LogP contribution < -0.4 is 0 Å². The molecule has 0 unspecified atom stereocenters. The van der Waals surface area contributed by atoms with Crippen LogP contribution in [-0.2, 0) is 7.05 Å². The molecule has 1 aromatic heterocycles. The van der Waals surface area contributed by atoms with Crippen molar-refractivity contribution in [1.82, 2.24) is 9.55 Å². The molecule has 0 saturated carbocycles. The molecule has 2 nitrogen and oxygen atoms in total. The third-order valence-electron chi connectivity index (χ3n) is 1.90. The van der Waals surface area contributed by atoms with E-state index in [0.29, 0.717) is 0 Å². The Bertz CT molecular complexity index is 420. The number of hydrogen-bond donors (Lipinski definition) is 0. The van der Waals surface area contributed by atoms with Gasteiger partial charge in [0.2, 0.25) is 0 Å². The molecule has 66 valence electrons. The summed E-state index contributed by atoms with van der Waals surface area (Å²) in [4.78, 5) is 4.29. The second kappa shape index (κ2) is 3.49. The van der Waals surface area contributed by atoms with Gasteiger partial charge in [-0.2, -0.15) is 0 Å². The monoisotopic (exact) mass is 284 g/mol. The first-order valence-corrected chi connectivity index (χ1v) is 5.08. The first-order chi connectivity index (χ1) is 6.27. The molecule has 0 amide bonds. The number of rotatable bonds is 1. The largest absolute Gasteiger partial charge is 0.334 e. The molecule has 0 fully saturated rings. The minimum Gasteiger partial charge on any atom is -0.334 e. The van der Waals surface area contributed by atoms with E-state index in [0.717, 1.165) is 5.82 Å². The van der Waals surface area contributed by atoms with Gasteiger partial charge in [0.05, 0.1) is 0 Å². The summed E-state index contributed by atoms with van der Waals surface area (Å²) in [6, 6.07) is 8.33. The van der Waals surface area contributed by atoms with Crippen LogP contribution >= 0.6 is 22.6 Å². The van der Waals surface area contributed by atoms with Crippen LogP contribution in [0.1, 0.15) is 0 Å². The van der Waals surface area contributed by atoms with E-state index in [4.69, 9.17) is 0 Å². The molecule has 2 rings (SSSR count). The fourth-order valence-corrected chi connectivity index (χ4v) is 1.81. The predicted molar refractivity (Wildman–Crippen MR) is 61.4 cm³/mol. The Morgan fingerprint density at radius 3 is 2.85 bits per heavy atom. The lowest BCUT2D eigenvalue weighted by Crippen LogP contribution is -1.90. The highest BCUT2D eigenvalue weighted by Crippen LogP contribution is 2.18. The molecule has 0 saturated heterocycles. The SMILES string of the molecule is Cn1ccnc1-c1cccc(I)c1. The Labute approximate surface area is 90.8 Å². The lowest BCUT2D eigenvalue weighted by atomic mass is 10.2. The van der Waals surface area contributed by atoms with Gasteiger partial charge in [-0.1, -0.05) is 12.1 Å². The molecule has 0 aliphatic rings. The van der Waals surface area contributed by atoms with Crippen LogP contribution in [0, 0.1) is 3.57 Å². The van der Waals surface area contributed by atoms with Gasteiger partial charge in [0.15, 0.2) is 0 Å². The van der Waals surface area contributed by atoms with E-state index >= 15 is 0 Å². The van der Waals surface area contributed by atoms with Gasteiger partial charge in [-0.15, -0.1) is 0 Å². The molecule has 2 aromatic rings. The minimum atomic E-state index is 1.01. The van der Waals surface area contributed by atoms with E-state index in [1.165, 1.54) is 9.13 Å². The van der Waals surface area contributed by atoms with Crippen molar-refractivity contribution in [3.05, 3.63) is 40.2 Å². The zero-order chi connectivity index (χ0) is 9.26. The Hall–Kier alpha value is -0.840. The molecule has 13 heavy (non-hydrogen) atoms. The van der Waals surface area contributed by atoms with Gasteiger partial charge in [-0.05, 0) is 34.7 Å². The van der Waals surface area contributed by atoms with Crippen molar-refractivity contribution < 1.29 is 0 Å². The Morgan fingerprint density at radius 1 is 1.38 bits per heavy atom. The summed E-state index contributed by atoms with van der Waals surface area (Å²) in [7, 11) is 2.00. The molecule has 0 aliphatic carbocycles. The zero-order valence-corrected chi connectivity index (χ0v) is 9.39. The van der Waals surface area contributed by atoms with Crippen molar-refractivity contribution in [3.8, 4) is 11.4 Å². The van der Waals surface area contributed by atoms with Crippen LogP contribution in [0.2, 0.25) is 0 Å². The smallest absolute Gasteiger partial charge is 0.139 e. The first kappa shape index (κ1) is 8.74. The Morgan fingerprint density at radius 2 is 2.23 bits per heavy atom. The molecule has 1 aromatic carbocycles. The summed E-state index contributed by atoms with van der Waals surface area (Å²) in [5.74, 6) is 1.01. The molecule has 0 bridgehead atoms. The fraction of sp³-hybridized carbons (Fsp3) is 0.100. The van der Waals surface area contributed by atoms with Crippen molar-refractivity contribution >= 4 is 22.6 Å². The molecule has 3 heteroatoms. The number of aromatic nitrogens is 2. The lowest BCUT2D eigenvalue weighted by Gasteiger charge is -2.01. The molecule has 1 heterocycles. The summed E-state index contributed by atoms with van der Waals surface area (Å²) >= 11 is 2.31. The van der Waals surface area contributed by atoms with Crippen LogP contribution in [0.3, 0.4) is 0 Å². The lowest BCUT2D eigenvalue weighted by molar-refractivity contribution is 0.925. The van der Waals surface area contributed by atoms with E-state index in [1.54, 1.807) is 0 Å². The van der Waals surface area contributed by atoms with E-state index < -0.39 is 0 Å². The molecule has 0 aliphatic heterocycles. The second-order valence-corrected chi connectivity index (χ2v) is 4.12. The Balaban J connectivity index is 2.53. The van der Waals surface area contributed by atoms with Gasteiger partial charge in [-0.25, -0.2) is 4.98 Å². The van der Waals surface area contributed by atoms with Gasteiger partial charge < -0.3 is 4.57 Å². The van der Waals surface area contributed by atoms with E-state index in [-0.39, 0.29) is 0 Å². The quantitative estimate of drug-likeness (QED) is 0.736. The van der Waals surface area contributed by atoms with Crippen LogP contribution in [0.4, 0.5) is 0 Å². The maximum absolute atomic E-state index is 4.29. The second-order valence-electron chi connectivity index (χ2n) is 2.87. The fourth-order valence-electron chi connectivity index (χ4n) is 1.27. The highest BCUT2D eigenvalue weighted by molar-refractivity contribution is 14.1. The van der Waals surface area contributed by atoms with Crippen molar-refractivity contribution in [2.24, 2.45) is 7.05 Å². The first-order valence-electron chi connectivity index (χ1n) is 4.00. The summed E-state index contributed by atoms with van der Waals surface area (Å²) < 4.78 is 3.25. The molecule has 0 radical (unpaired) electrons. The van der Waals surface area contributed by atoms with Gasteiger partial charge in [0.1, 0.15) is 5.82 Å². The third kappa shape index (κ3) is 1.75.